The molecule has 2 rings (SSSR count). The molecular formula is C13H12FN3O3. The number of hydrogen-bond donors (Lipinski definition) is 2. The van der Waals surface area contributed by atoms with Crippen molar-refractivity contribution in [3.05, 3.63) is 47.5 Å². The normalized spacial score (nSPS) is 10.3. The van der Waals surface area contributed by atoms with Gasteiger partial charge in [0.2, 0.25) is 0 Å². The quantitative estimate of drug-likeness (QED) is 0.890. The van der Waals surface area contributed by atoms with Gasteiger partial charge in [-0.1, -0.05) is 0 Å². The fourth-order valence-corrected chi connectivity index (χ4v) is 1.64. The molecule has 0 aliphatic rings. The summed E-state index contributed by atoms with van der Waals surface area (Å²) in [5.74, 6) is -1.82. The van der Waals surface area contributed by atoms with Crippen LogP contribution < -0.4 is 5.32 Å². The highest BCUT2D eigenvalue weighted by Gasteiger charge is 2.10. The van der Waals surface area contributed by atoms with Gasteiger partial charge >= 0.3 is 5.97 Å². The number of aliphatic carboxylic acids is 1. The van der Waals surface area contributed by atoms with Gasteiger partial charge in [0.25, 0.3) is 5.91 Å². The molecule has 2 aromatic rings. The molecule has 1 amide bonds. The summed E-state index contributed by atoms with van der Waals surface area (Å²) in [5.41, 5.74) is 1.06. The minimum Gasteiger partial charge on any atom is -0.480 e. The summed E-state index contributed by atoms with van der Waals surface area (Å²) < 4.78 is 14.3. The Labute approximate surface area is 113 Å². The van der Waals surface area contributed by atoms with Crippen LogP contribution in [0, 0.1) is 12.7 Å². The molecule has 6 nitrogen and oxygen atoms in total. The van der Waals surface area contributed by atoms with E-state index in [1.54, 1.807) is 6.92 Å². The molecule has 0 spiro atoms. The van der Waals surface area contributed by atoms with Crippen LogP contribution in [0.15, 0.2) is 30.6 Å². The maximum absolute atomic E-state index is 13.1. The predicted molar refractivity (Wildman–Crippen MR) is 69.0 cm³/mol. The van der Waals surface area contributed by atoms with Crippen LogP contribution in [0.5, 0.6) is 0 Å². The van der Waals surface area contributed by atoms with Crippen LogP contribution in [0.2, 0.25) is 0 Å². The maximum atomic E-state index is 13.1. The van der Waals surface area contributed by atoms with Crippen molar-refractivity contribution in [1.82, 2.24) is 9.78 Å². The van der Waals surface area contributed by atoms with Crippen molar-refractivity contribution in [1.29, 1.82) is 0 Å². The first-order chi connectivity index (χ1) is 9.45. The van der Waals surface area contributed by atoms with E-state index in [1.165, 1.54) is 35.3 Å². The maximum Gasteiger partial charge on any atom is 0.325 e. The third kappa shape index (κ3) is 3.19. The second kappa shape index (κ2) is 5.52. The molecule has 0 saturated heterocycles. The highest BCUT2D eigenvalue weighted by atomic mass is 19.1. The summed E-state index contributed by atoms with van der Waals surface area (Å²) in [6.45, 7) is 1.28. The number of carbonyl (C=O) groups excluding carboxylic acids is 1. The van der Waals surface area contributed by atoms with Crippen molar-refractivity contribution in [3.63, 3.8) is 0 Å². The first-order valence-corrected chi connectivity index (χ1v) is 5.77. The van der Waals surface area contributed by atoms with Crippen molar-refractivity contribution in [2.75, 3.05) is 5.32 Å². The van der Waals surface area contributed by atoms with Gasteiger partial charge in [0.1, 0.15) is 12.4 Å². The van der Waals surface area contributed by atoms with Gasteiger partial charge in [-0.05, 0) is 30.7 Å². The van der Waals surface area contributed by atoms with E-state index in [4.69, 9.17) is 5.11 Å². The van der Waals surface area contributed by atoms with Gasteiger partial charge in [-0.3, -0.25) is 14.3 Å². The third-order valence-corrected chi connectivity index (χ3v) is 2.61. The van der Waals surface area contributed by atoms with Crippen LogP contribution in [0.1, 0.15) is 15.9 Å². The van der Waals surface area contributed by atoms with E-state index in [0.29, 0.717) is 16.8 Å². The lowest BCUT2D eigenvalue weighted by molar-refractivity contribution is -0.137. The molecule has 0 radical (unpaired) electrons. The Morgan fingerprint density at radius 2 is 2.20 bits per heavy atom. The zero-order chi connectivity index (χ0) is 14.7. The zero-order valence-corrected chi connectivity index (χ0v) is 10.6. The van der Waals surface area contributed by atoms with E-state index in [1.807, 2.05) is 0 Å². The fraction of sp³-hybridized carbons (Fsp3) is 0.154. The SMILES string of the molecule is Cc1cc(C(=O)Nc2cnn(CC(=O)O)c2)ccc1F. The average molecular weight is 277 g/mol. The first kappa shape index (κ1) is 13.7. The number of rotatable bonds is 4. The highest BCUT2D eigenvalue weighted by Crippen LogP contribution is 2.12. The average Bonchev–Trinajstić information content (AvgIpc) is 2.79. The molecule has 104 valence electrons. The lowest BCUT2D eigenvalue weighted by Crippen LogP contribution is -2.12. The minimum absolute atomic E-state index is 0.286. The van der Waals surface area contributed by atoms with Crippen molar-refractivity contribution >= 4 is 17.6 Å². The van der Waals surface area contributed by atoms with Crippen LogP contribution in [0.3, 0.4) is 0 Å². The molecule has 1 heterocycles. The second-order valence-electron chi connectivity index (χ2n) is 4.24. The predicted octanol–water partition coefficient (Wildman–Crippen LogP) is 1.67. The smallest absolute Gasteiger partial charge is 0.325 e. The molecule has 1 aromatic heterocycles. The van der Waals surface area contributed by atoms with Crippen molar-refractivity contribution in [2.24, 2.45) is 0 Å². The number of nitrogens with zero attached hydrogens (tertiary/aromatic N) is 2. The van der Waals surface area contributed by atoms with Gasteiger partial charge < -0.3 is 10.4 Å². The Kier molecular flexibility index (Phi) is 3.79. The number of hydrogen-bond acceptors (Lipinski definition) is 3. The molecule has 0 atom stereocenters. The van der Waals surface area contributed by atoms with E-state index in [9.17, 15) is 14.0 Å². The van der Waals surface area contributed by atoms with Gasteiger partial charge in [0.05, 0.1) is 11.9 Å². The van der Waals surface area contributed by atoms with Crippen molar-refractivity contribution in [2.45, 2.75) is 13.5 Å². The molecule has 0 saturated carbocycles. The zero-order valence-electron chi connectivity index (χ0n) is 10.6. The lowest BCUT2D eigenvalue weighted by atomic mass is 10.1. The van der Waals surface area contributed by atoms with Crippen LogP contribution in [0.4, 0.5) is 10.1 Å². The monoisotopic (exact) mass is 277 g/mol. The molecule has 0 bridgehead atoms. The second-order valence-corrected chi connectivity index (χ2v) is 4.24. The van der Waals surface area contributed by atoms with Gasteiger partial charge in [-0.15, -0.1) is 0 Å². The molecule has 0 unspecified atom stereocenters. The Morgan fingerprint density at radius 3 is 2.85 bits per heavy atom. The van der Waals surface area contributed by atoms with E-state index in [2.05, 4.69) is 10.4 Å². The number of aryl methyl sites for hydroxylation is 1. The number of amides is 1. The van der Waals surface area contributed by atoms with Crippen molar-refractivity contribution in [3.8, 4) is 0 Å². The standard InChI is InChI=1S/C13H12FN3O3/c1-8-4-9(2-3-11(8)14)13(20)16-10-5-15-17(6-10)7-12(18)19/h2-6H,7H2,1H3,(H,16,20)(H,18,19). The van der Waals surface area contributed by atoms with E-state index in [-0.39, 0.29) is 12.4 Å². The summed E-state index contributed by atoms with van der Waals surface area (Å²) >= 11 is 0. The van der Waals surface area contributed by atoms with Crippen LogP contribution >= 0.6 is 0 Å². The van der Waals surface area contributed by atoms with Gasteiger partial charge in [0, 0.05) is 11.8 Å². The molecule has 0 aliphatic carbocycles. The topological polar surface area (TPSA) is 84.2 Å². The molecule has 2 N–H and O–H groups in total. The number of benzene rings is 1. The molecule has 7 heteroatoms. The Bertz CT molecular complexity index is 667. The summed E-state index contributed by atoms with van der Waals surface area (Å²) in [5, 5.41) is 15.0. The summed E-state index contributed by atoms with van der Waals surface area (Å²) in [6.07, 6.45) is 2.75. The molecular weight excluding hydrogens is 265 g/mol. The fourth-order valence-electron chi connectivity index (χ4n) is 1.64. The number of carboxylic acids is 1. The van der Waals surface area contributed by atoms with Gasteiger partial charge in [-0.25, -0.2) is 4.39 Å². The van der Waals surface area contributed by atoms with E-state index in [0.717, 1.165) is 0 Å². The number of nitrogens with one attached hydrogen (secondary N) is 1. The number of anilines is 1. The summed E-state index contributed by atoms with van der Waals surface area (Å²) in [6, 6.07) is 4.03. The molecule has 1 aromatic carbocycles. The Hall–Kier alpha value is -2.70. The van der Waals surface area contributed by atoms with Crippen LogP contribution in [-0.2, 0) is 11.3 Å². The van der Waals surface area contributed by atoms with E-state index >= 15 is 0 Å². The Morgan fingerprint density at radius 1 is 1.45 bits per heavy atom. The van der Waals surface area contributed by atoms with Crippen LogP contribution in [-0.4, -0.2) is 26.8 Å². The highest BCUT2D eigenvalue weighted by molar-refractivity contribution is 6.04. The Balaban J connectivity index is 2.09. The van der Waals surface area contributed by atoms with Gasteiger partial charge in [-0.2, -0.15) is 5.10 Å². The first-order valence-electron chi connectivity index (χ1n) is 5.77. The molecule has 0 aliphatic heterocycles. The van der Waals surface area contributed by atoms with Gasteiger partial charge in [0.15, 0.2) is 0 Å². The molecule has 20 heavy (non-hydrogen) atoms. The van der Waals surface area contributed by atoms with Crippen molar-refractivity contribution < 1.29 is 19.1 Å². The largest absolute Gasteiger partial charge is 0.480 e. The number of carboxylic acid groups (broad SMARTS) is 1. The van der Waals surface area contributed by atoms with E-state index < -0.39 is 11.9 Å². The number of carbonyl (C=O) groups is 2. The van der Waals surface area contributed by atoms with Crippen LogP contribution in [0.25, 0.3) is 0 Å². The summed E-state index contributed by atoms with van der Waals surface area (Å²) in [7, 11) is 0. The lowest BCUT2D eigenvalue weighted by Gasteiger charge is -2.04. The third-order valence-electron chi connectivity index (χ3n) is 2.61. The minimum atomic E-state index is -1.03. The molecule has 0 fully saturated rings. The number of halogens is 1. The summed E-state index contributed by atoms with van der Waals surface area (Å²) in [4.78, 5) is 22.4. The number of aromatic nitrogens is 2.